The molecule has 1 aliphatic heterocycles. The molecule has 0 spiro atoms. The van der Waals surface area contributed by atoms with Crippen molar-refractivity contribution >= 4 is 22.7 Å². The molecule has 4 rings (SSSR count). The summed E-state index contributed by atoms with van der Waals surface area (Å²) in [4.78, 5) is 18.4. The minimum absolute atomic E-state index is 0.0208. The van der Waals surface area contributed by atoms with Gasteiger partial charge in [0, 0.05) is 17.7 Å². The van der Waals surface area contributed by atoms with Crippen LogP contribution in [0.3, 0.4) is 0 Å². The van der Waals surface area contributed by atoms with Crippen molar-refractivity contribution in [1.82, 2.24) is 9.66 Å². The number of thiophene rings is 1. The maximum Gasteiger partial charge on any atom is 0.416 e. The lowest BCUT2D eigenvalue weighted by Crippen LogP contribution is -2.24. The van der Waals surface area contributed by atoms with E-state index in [2.05, 4.69) is 15.4 Å². The van der Waals surface area contributed by atoms with Crippen LogP contribution in [0.1, 0.15) is 47.6 Å². The largest absolute Gasteiger partial charge is 0.416 e. The minimum atomic E-state index is -4.41. The second-order valence-corrected chi connectivity index (χ2v) is 8.10. The number of fused-ring (bicyclic) bond motifs is 1. The zero-order valence-corrected chi connectivity index (χ0v) is 16.9. The van der Waals surface area contributed by atoms with Crippen molar-refractivity contribution in [3.05, 3.63) is 80.2 Å². The van der Waals surface area contributed by atoms with Crippen LogP contribution in [0.25, 0.3) is 0 Å². The highest BCUT2D eigenvalue weighted by Gasteiger charge is 2.30. The molecule has 1 N–H and O–H groups in total. The van der Waals surface area contributed by atoms with Gasteiger partial charge in [-0.05, 0) is 42.5 Å². The van der Waals surface area contributed by atoms with Crippen LogP contribution in [-0.4, -0.2) is 15.4 Å². The van der Waals surface area contributed by atoms with Crippen molar-refractivity contribution in [2.24, 2.45) is 5.10 Å². The first kappa shape index (κ1) is 20.3. The van der Waals surface area contributed by atoms with Gasteiger partial charge in [-0.1, -0.05) is 19.1 Å². The summed E-state index contributed by atoms with van der Waals surface area (Å²) in [6.45, 7) is 2.13. The molecule has 0 radical (unpaired) electrons. The van der Waals surface area contributed by atoms with E-state index in [0.29, 0.717) is 17.2 Å². The minimum Gasteiger partial charge on any atom is -0.379 e. The van der Waals surface area contributed by atoms with E-state index in [1.807, 2.05) is 24.4 Å². The van der Waals surface area contributed by atoms with E-state index in [-0.39, 0.29) is 18.0 Å². The molecule has 5 nitrogen and oxygen atoms in total. The standard InChI is InChI=1S/C21H19F3N4OS/c1-13-7-8-17(18-6-3-9-30-18)27-28-19(29)11-16(26-20(13)28)12-25-15-5-2-4-14(10-15)21(22,23)24/h2-6,9-11,13,25H,7-8,12H2,1H3. The van der Waals surface area contributed by atoms with Crippen molar-refractivity contribution in [3.8, 4) is 0 Å². The molecule has 0 amide bonds. The van der Waals surface area contributed by atoms with Gasteiger partial charge in [-0.25, -0.2) is 4.98 Å². The van der Waals surface area contributed by atoms with E-state index in [1.165, 1.54) is 16.8 Å². The molecule has 0 saturated carbocycles. The number of nitrogens with zero attached hydrogens (tertiary/aromatic N) is 3. The van der Waals surface area contributed by atoms with Crippen molar-refractivity contribution < 1.29 is 13.2 Å². The number of aromatic nitrogens is 2. The quantitative estimate of drug-likeness (QED) is 0.625. The third kappa shape index (κ3) is 4.30. The monoisotopic (exact) mass is 432 g/mol. The third-order valence-electron chi connectivity index (χ3n) is 4.92. The Morgan fingerprint density at radius 3 is 2.80 bits per heavy atom. The van der Waals surface area contributed by atoms with E-state index in [0.717, 1.165) is 35.6 Å². The van der Waals surface area contributed by atoms with E-state index >= 15 is 0 Å². The Morgan fingerprint density at radius 2 is 2.07 bits per heavy atom. The number of hydrogen-bond donors (Lipinski definition) is 1. The van der Waals surface area contributed by atoms with Gasteiger partial charge in [-0.15, -0.1) is 11.3 Å². The second kappa shape index (κ2) is 8.06. The van der Waals surface area contributed by atoms with Crippen LogP contribution in [0.15, 0.2) is 57.7 Å². The molecule has 1 atom stereocenters. The predicted octanol–water partition coefficient (Wildman–Crippen LogP) is 5.09. The molecule has 1 aromatic carbocycles. The van der Waals surface area contributed by atoms with Crippen molar-refractivity contribution in [2.75, 3.05) is 5.32 Å². The van der Waals surface area contributed by atoms with Gasteiger partial charge in [0.2, 0.25) is 0 Å². The molecule has 2 aromatic heterocycles. The Kier molecular flexibility index (Phi) is 5.46. The molecule has 0 bridgehead atoms. The summed E-state index contributed by atoms with van der Waals surface area (Å²) in [6.07, 6.45) is -2.87. The number of benzene rings is 1. The smallest absolute Gasteiger partial charge is 0.379 e. The summed E-state index contributed by atoms with van der Waals surface area (Å²) >= 11 is 1.58. The lowest BCUT2D eigenvalue weighted by atomic mass is 10.0. The van der Waals surface area contributed by atoms with Crippen molar-refractivity contribution in [1.29, 1.82) is 0 Å². The first-order valence-electron chi connectivity index (χ1n) is 9.47. The first-order valence-corrected chi connectivity index (χ1v) is 10.3. The fourth-order valence-electron chi connectivity index (χ4n) is 3.32. The third-order valence-corrected chi connectivity index (χ3v) is 5.84. The highest BCUT2D eigenvalue weighted by Crippen LogP contribution is 2.31. The number of alkyl halides is 3. The van der Waals surface area contributed by atoms with E-state index < -0.39 is 11.7 Å². The summed E-state index contributed by atoms with van der Waals surface area (Å²) in [5.41, 5.74) is 0.600. The van der Waals surface area contributed by atoms with E-state index in [1.54, 1.807) is 17.4 Å². The number of anilines is 1. The molecule has 1 aliphatic rings. The van der Waals surface area contributed by atoms with Gasteiger partial charge in [0.05, 0.1) is 28.4 Å². The van der Waals surface area contributed by atoms with Crippen LogP contribution in [0, 0.1) is 0 Å². The Hall–Kier alpha value is -2.94. The van der Waals surface area contributed by atoms with E-state index in [9.17, 15) is 18.0 Å². The maximum atomic E-state index is 12.9. The Bertz CT molecular complexity index is 1140. The van der Waals surface area contributed by atoms with Gasteiger partial charge in [0.1, 0.15) is 5.82 Å². The van der Waals surface area contributed by atoms with Crippen LogP contribution < -0.4 is 10.9 Å². The van der Waals surface area contributed by atoms with Gasteiger partial charge >= 0.3 is 6.18 Å². The Labute approximate surface area is 174 Å². The van der Waals surface area contributed by atoms with Crippen LogP contribution in [0.5, 0.6) is 0 Å². The van der Waals surface area contributed by atoms with Crippen LogP contribution >= 0.6 is 11.3 Å². The summed E-state index contributed by atoms with van der Waals surface area (Å²) in [7, 11) is 0. The molecule has 156 valence electrons. The molecule has 0 aliphatic carbocycles. The normalized spacial score (nSPS) is 16.5. The molecular formula is C21H19F3N4OS. The Balaban J connectivity index is 1.60. The SMILES string of the molecule is CC1CCC(c2cccs2)=Nn2c1nc(CNc1cccc(C(F)(F)F)c1)cc2=O. The predicted molar refractivity (Wildman–Crippen MR) is 111 cm³/mol. The zero-order valence-electron chi connectivity index (χ0n) is 16.1. The van der Waals surface area contributed by atoms with Crippen molar-refractivity contribution in [2.45, 2.75) is 38.4 Å². The van der Waals surface area contributed by atoms with Crippen molar-refractivity contribution in [3.63, 3.8) is 0 Å². The highest BCUT2D eigenvalue weighted by atomic mass is 32.1. The summed E-state index contributed by atoms with van der Waals surface area (Å²) in [5, 5.41) is 9.45. The fraction of sp³-hybridized carbons (Fsp3) is 0.286. The molecule has 3 aromatic rings. The average Bonchev–Trinajstić information content (AvgIpc) is 3.19. The number of halogens is 3. The van der Waals surface area contributed by atoms with Gasteiger partial charge < -0.3 is 5.32 Å². The van der Waals surface area contributed by atoms with Crippen LogP contribution in [0.4, 0.5) is 18.9 Å². The first-order chi connectivity index (χ1) is 14.3. The summed E-state index contributed by atoms with van der Waals surface area (Å²) in [6, 6.07) is 10.2. The molecule has 0 fully saturated rings. The summed E-state index contributed by atoms with van der Waals surface area (Å²) in [5.74, 6) is 0.585. The molecular weight excluding hydrogens is 413 g/mol. The topological polar surface area (TPSA) is 59.3 Å². The number of nitrogens with one attached hydrogen (secondary N) is 1. The molecule has 30 heavy (non-hydrogen) atoms. The molecule has 9 heteroatoms. The highest BCUT2D eigenvalue weighted by molar-refractivity contribution is 7.12. The second-order valence-electron chi connectivity index (χ2n) is 7.15. The van der Waals surface area contributed by atoms with Crippen LogP contribution in [-0.2, 0) is 12.7 Å². The van der Waals surface area contributed by atoms with Gasteiger partial charge in [-0.2, -0.15) is 22.9 Å². The lowest BCUT2D eigenvalue weighted by Gasteiger charge is -2.14. The summed E-state index contributed by atoms with van der Waals surface area (Å²) < 4.78 is 40.0. The fourth-order valence-corrected chi connectivity index (χ4v) is 4.06. The maximum absolute atomic E-state index is 12.9. The molecule has 1 unspecified atom stereocenters. The van der Waals surface area contributed by atoms with Gasteiger partial charge in [-0.3, -0.25) is 4.79 Å². The zero-order chi connectivity index (χ0) is 21.3. The molecule has 3 heterocycles. The van der Waals surface area contributed by atoms with Gasteiger partial charge in [0.25, 0.3) is 5.56 Å². The van der Waals surface area contributed by atoms with Crippen LogP contribution in [0.2, 0.25) is 0 Å². The lowest BCUT2D eigenvalue weighted by molar-refractivity contribution is -0.137. The van der Waals surface area contributed by atoms with Gasteiger partial charge in [0.15, 0.2) is 0 Å². The van der Waals surface area contributed by atoms with E-state index in [4.69, 9.17) is 0 Å². The Morgan fingerprint density at radius 1 is 1.23 bits per heavy atom. The number of hydrogen-bond acceptors (Lipinski definition) is 5. The number of rotatable bonds is 4. The average molecular weight is 432 g/mol. The molecule has 0 saturated heterocycles.